The third-order valence-electron chi connectivity index (χ3n) is 4.65. The Morgan fingerprint density at radius 3 is 2.33 bits per heavy atom. The number of piperidine rings is 1. The molecular formula is C19H14Cl3N3O2. The highest BCUT2D eigenvalue weighted by Gasteiger charge is 2.25. The quantitative estimate of drug-likeness (QED) is 0.662. The van der Waals surface area contributed by atoms with E-state index in [1.165, 1.54) is 4.68 Å². The van der Waals surface area contributed by atoms with E-state index < -0.39 is 0 Å². The number of fused-ring (bicyclic) bond motifs is 1. The normalized spacial score (nSPS) is 17.1. The van der Waals surface area contributed by atoms with E-state index in [0.717, 1.165) is 5.56 Å². The number of rotatable bonds is 2. The third kappa shape index (κ3) is 3.43. The number of nitrogens with zero attached hydrogens (tertiary/aromatic N) is 2. The van der Waals surface area contributed by atoms with Crippen molar-refractivity contribution in [2.45, 2.75) is 18.9 Å². The summed E-state index contributed by atoms with van der Waals surface area (Å²) in [6.45, 7) is 0.507. The summed E-state index contributed by atoms with van der Waals surface area (Å²) >= 11 is 18.3. The molecule has 1 unspecified atom stereocenters. The van der Waals surface area contributed by atoms with Crippen molar-refractivity contribution < 1.29 is 4.79 Å². The first-order valence-corrected chi connectivity index (χ1v) is 9.51. The first-order valence-electron chi connectivity index (χ1n) is 8.38. The van der Waals surface area contributed by atoms with Gasteiger partial charge in [0.15, 0.2) is 0 Å². The second kappa shape index (κ2) is 7.15. The van der Waals surface area contributed by atoms with Crippen LogP contribution in [0.5, 0.6) is 0 Å². The highest BCUT2D eigenvalue weighted by molar-refractivity contribution is 6.43. The lowest BCUT2D eigenvalue weighted by Gasteiger charge is -2.24. The van der Waals surface area contributed by atoms with Gasteiger partial charge < -0.3 is 5.32 Å². The molecule has 1 aliphatic heterocycles. The summed E-state index contributed by atoms with van der Waals surface area (Å²) in [7, 11) is 0. The fourth-order valence-electron chi connectivity index (χ4n) is 3.29. The third-order valence-corrected chi connectivity index (χ3v) is 5.62. The van der Waals surface area contributed by atoms with Crippen molar-refractivity contribution in [2.75, 3.05) is 6.54 Å². The Morgan fingerprint density at radius 1 is 1.00 bits per heavy atom. The zero-order valence-electron chi connectivity index (χ0n) is 14.0. The van der Waals surface area contributed by atoms with Crippen molar-refractivity contribution >= 4 is 51.5 Å². The Hall–Kier alpha value is -2.08. The van der Waals surface area contributed by atoms with Crippen molar-refractivity contribution in [1.82, 2.24) is 15.1 Å². The van der Waals surface area contributed by atoms with E-state index >= 15 is 0 Å². The molecule has 1 amide bonds. The summed E-state index contributed by atoms with van der Waals surface area (Å²) in [5.41, 5.74) is 1.09. The number of hydrogen-bond acceptors (Lipinski definition) is 3. The topological polar surface area (TPSA) is 64.0 Å². The van der Waals surface area contributed by atoms with E-state index in [0.29, 0.717) is 44.5 Å². The number of aromatic nitrogens is 2. The molecule has 1 atom stereocenters. The minimum atomic E-state index is -0.309. The predicted molar refractivity (Wildman–Crippen MR) is 108 cm³/mol. The highest BCUT2D eigenvalue weighted by atomic mass is 35.5. The lowest BCUT2D eigenvalue weighted by atomic mass is 10.0. The molecule has 1 fully saturated rings. The molecule has 8 heteroatoms. The highest BCUT2D eigenvalue weighted by Crippen LogP contribution is 2.33. The standard InChI is InChI=1S/C19H14Cl3N3O2/c20-11-3-1-10(2-4-11)18-13-8-15(21)16(22)9-14(13)19(27)25(24-18)12-5-6-23-17(26)7-12/h1-4,8-9,12H,5-7H2,(H,23,26). The van der Waals surface area contributed by atoms with E-state index in [-0.39, 0.29) is 23.9 Å². The summed E-state index contributed by atoms with van der Waals surface area (Å²) in [4.78, 5) is 24.9. The van der Waals surface area contributed by atoms with E-state index in [1.807, 2.05) is 12.1 Å². The number of carbonyl (C=O) groups excluding carboxylic acids is 1. The average molecular weight is 423 g/mol. The molecule has 1 aromatic heterocycles. The fourth-order valence-corrected chi connectivity index (χ4v) is 3.75. The number of amides is 1. The number of nitrogens with one attached hydrogen (secondary N) is 1. The maximum Gasteiger partial charge on any atom is 0.274 e. The maximum absolute atomic E-state index is 13.1. The molecule has 1 aliphatic rings. The van der Waals surface area contributed by atoms with Gasteiger partial charge >= 0.3 is 0 Å². The molecule has 27 heavy (non-hydrogen) atoms. The van der Waals surface area contributed by atoms with Crippen LogP contribution in [0.15, 0.2) is 41.2 Å². The van der Waals surface area contributed by atoms with Gasteiger partial charge in [-0.2, -0.15) is 5.10 Å². The molecule has 0 spiro atoms. The Balaban J connectivity index is 2.01. The molecule has 5 nitrogen and oxygen atoms in total. The van der Waals surface area contributed by atoms with Gasteiger partial charge in [-0.3, -0.25) is 9.59 Å². The molecule has 0 saturated carbocycles. The first kappa shape index (κ1) is 18.3. The number of carbonyl (C=O) groups is 1. The summed E-state index contributed by atoms with van der Waals surface area (Å²) in [5, 5.41) is 9.63. The van der Waals surface area contributed by atoms with E-state index in [1.54, 1.807) is 24.3 Å². The minimum Gasteiger partial charge on any atom is -0.356 e. The van der Waals surface area contributed by atoms with Crippen LogP contribution in [-0.2, 0) is 4.79 Å². The lowest BCUT2D eigenvalue weighted by molar-refractivity contribution is -0.123. The van der Waals surface area contributed by atoms with Crippen LogP contribution < -0.4 is 10.9 Å². The van der Waals surface area contributed by atoms with Crippen LogP contribution in [0.3, 0.4) is 0 Å². The molecule has 2 aromatic carbocycles. The van der Waals surface area contributed by atoms with Crippen molar-refractivity contribution in [3.8, 4) is 11.3 Å². The summed E-state index contributed by atoms with van der Waals surface area (Å²) in [5.74, 6) is -0.0952. The Bertz CT molecular complexity index is 1110. The Morgan fingerprint density at radius 2 is 1.67 bits per heavy atom. The van der Waals surface area contributed by atoms with Crippen LogP contribution in [0.4, 0.5) is 0 Å². The predicted octanol–water partition coefficient (Wildman–Crippen LogP) is 4.47. The van der Waals surface area contributed by atoms with Crippen LogP contribution in [0, 0.1) is 0 Å². The Kier molecular flexibility index (Phi) is 4.84. The summed E-state index contributed by atoms with van der Waals surface area (Å²) in [6, 6.07) is 10.1. The van der Waals surface area contributed by atoms with Crippen LogP contribution in [-0.4, -0.2) is 22.2 Å². The minimum absolute atomic E-state index is 0.0952. The van der Waals surface area contributed by atoms with Gasteiger partial charge in [-0.05, 0) is 30.7 Å². The molecular weight excluding hydrogens is 409 g/mol. The average Bonchev–Trinajstić information content (AvgIpc) is 2.65. The van der Waals surface area contributed by atoms with Crippen LogP contribution >= 0.6 is 34.8 Å². The van der Waals surface area contributed by atoms with Gasteiger partial charge in [-0.15, -0.1) is 0 Å². The van der Waals surface area contributed by atoms with Crippen LogP contribution in [0.25, 0.3) is 22.0 Å². The zero-order valence-corrected chi connectivity index (χ0v) is 16.3. The molecule has 0 bridgehead atoms. The Labute approximate surface area is 169 Å². The van der Waals surface area contributed by atoms with Gasteiger partial charge in [0.1, 0.15) is 0 Å². The SMILES string of the molecule is O=C1CC(n2nc(-c3ccc(Cl)cc3)c3cc(Cl)c(Cl)cc3c2=O)CCN1. The number of hydrogen-bond donors (Lipinski definition) is 1. The number of benzene rings is 2. The molecule has 2 heterocycles. The molecule has 1 saturated heterocycles. The molecule has 4 rings (SSSR count). The molecule has 1 N–H and O–H groups in total. The monoisotopic (exact) mass is 421 g/mol. The molecule has 0 radical (unpaired) electrons. The van der Waals surface area contributed by atoms with Gasteiger partial charge in [0, 0.05) is 28.9 Å². The van der Waals surface area contributed by atoms with Gasteiger partial charge in [0.05, 0.1) is 27.2 Å². The van der Waals surface area contributed by atoms with Crippen molar-refractivity contribution in [3.05, 3.63) is 61.8 Å². The first-order chi connectivity index (χ1) is 12.9. The molecule has 3 aromatic rings. The van der Waals surface area contributed by atoms with Crippen molar-refractivity contribution in [1.29, 1.82) is 0 Å². The van der Waals surface area contributed by atoms with Gasteiger partial charge in [-0.1, -0.05) is 46.9 Å². The van der Waals surface area contributed by atoms with Gasteiger partial charge in [-0.25, -0.2) is 4.68 Å². The van der Waals surface area contributed by atoms with Crippen molar-refractivity contribution in [3.63, 3.8) is 0 Å². The second-order valence-corrected chi connectivity index (χ2v) is 7.66. The van der Waals surface area contributed by atoms with E-state index in [9.17, 15) is 9.59 Å². The summed E-state index contributed by atoms with van der Waals surface area (Å²) < 4.78 is 1.40. The smallest absolute Gasteiger partial charge is 0.274 e. The summed E-state index contributed by atoms with van der Waals surface area (Å²) in [6.07, 6.45) is 0.839. The second-order valence-electron chi connectivity index (χ2n) is 6.41. The maximum atomic E-state index is 13.1. The van der Waals surface area contributed by atoms with Gasteiger partial charge in [0.2, 0.25) is 5.91 Å². The largest absolute Gasteiger partial charge is 0.356 e. The van der Waals surface area contributed by atoms with Gasteiger partial charge in [0.25, 0.3) is 5.56 Å². The fraction of sp³-hybridized carbons (Fsp3) is 0.211. The molecule has 0 aliphatic carbocycles. The van der Waals surface area contributed by atoms with Crippen LogP contribution in [0.1, 0.15) is 18.9 Å². The zero-order chi connectivity index (χ0) is 19.1. The van der Waals surface area contributed by atoms with Crippen molar-refractivity contribution in [2.24, 2.45) is 0 Å². The molecule has 138 valence electrons. The van der Waals surface area contributed by atoms with Crippen LogP contribution in [0.2, 0.25) is 15.1 Å². The van der Waals surface area contributed by atoms with E-state index in [4.69, 9.17) is 34.8 Å². The number of halogens is 3. The van der Waals surface area contributed by atoms with E-state index in [2.05, 4.69) is 10.4 Å². The lowest BCUT2D eigenvalue weighted by Crippen LogP contribution is -2.39.